The van der Waals surface area contributed by atoms with Gasteiger partial charge in [0.25, 0.3) is 0 Å². The number of phenols is 1. The number of aliphatic hydroxyl groups is 2. The molecular weight excluding hydrogens is 580 g/mol. The van der Waals surface area contributed by atoms with Gasteiger partial charge in [0.1, 0.15) is 30.5 Å². The van der Waals surface area contributed by atoms with E-state index in [-0.39, 0.29) is 31.4 Å². The van der Waals surface area contributed by atoms with Crippen LogP contribution in [0.5, 0.6) is 5.75 Å². The van der Waals surface area contributed by atoms with Crippen molar-refractivity contribution in [3.63, 3.8) is 0 Å². The smallest absolute Gasteiger partial charge is 0.333 e. The average Bonchev–Trinajstić information content (AvgIpc) is 3.03. The Bertz CT molecular complexity index is 1280. The number of carbonyl (C=O) groups excluding carboxylic acids is 2. The van der Waals surface area contributed by atoms with Gasteiger partial charge < -0.3 is 44.8 Å². The second-order valence-corrected chi connectivity index (χ2v) is 9.79. The molecule has 1 fully saturated rings. The molecule has 3 aromatic rings. The number of aromatic hydroxyl groups is 1. The quantitative estimate of drug-likeness (QED) is 0.182. The molecule has 0 aromatic heterocycles. The molecule has 0 radical (unpaired) electrons. The molecule has 238 valence electrons. The van der Waals surface area contributed by atoms with Crippen LogP contribution in [0.25, 0.3) is 0 Å². The van der Waals surface area contributed by atoms with Crippen molar-refractivity contribution < 1.29 is 53.1 Å². The maximum Gasteiger partial charge on any atom is 0.333 e. The first-order valence-electron chi connectivity index (χ1n) is 13.7. The SMILES string of the molecule is C=O.CO.O=CC(CCC(OC1CC(O)C[C@@H](C(=O)O)O1)c1ccc(F)cc1)C(Nc1ccc(F)cc1)c1ccc(O)cc1. The number of benzene rings is 3. The van der Waals surface area contributed by atoms with Crippen LogP contribution in [0.3, 0.4) is 0 Å². The number of phenolic OH excluding ortho intramolecular Hbond substituents is 1. The molecule has 1 saturated heterocycles. The second-order valence-electron chi connectivity index (χ2n) is 9.79. The fourth-order valence-corrected chi connectivity index (χ4v) is 4.78. The van der Waals surface area contributed by atoms with Crippen LogP contribution in [-0.2, 0) is 23.9 Å². The number of carboxylic acid groups (broad SMARTS) is 1. The number of aliphatic hydroxyl groups excluding tert-OH is 2. The summed E-state index contributed by atoms with van der Waals surface area (Å²) in [5.74, 6) is -2.62. The number of ether oxygens (including phenoxy) is 2. The first-order chi connectivity index (χ1) is 21.2. The third-order valence-electron chi connectivity index (χ3n) is 6.88. The van der Waals surface area contributed by atoms with E-state index < -0.39 is 54.2 Å². The zero-order chi connectivity index (χ0) is 32.6. The number of carboxylic acids is 1. The number of halogens is 2. The summed E-state index contributed by atoms with van der Waals surface area (Å²) >= 11 is 0. The lowest BCUT2D eigenvalue weighted by atomic mass is 9.88. The lowest BCUT2D eigenvalue weighted by molar-refractivity contribution is -0.239. The number of aldehydes is 1. The molecule has 1 aliphatic heterocycles. The minimum Gasteiger partial charge on any atom is -0.508 e. The van der Waals surface area contributed by atoms with E-state index in [1.165, 1.54) is 48.5 Å². The Balaban J connectivity index is 0.00000162. The average molecular weight is 618 g/mol. The molecule has 3 aromatic carbocycles. The van der Waals surface area contributed by atoms with Crippen molar-refractivity contribution >= 4 is 24.7 Å². The van der Waals surface area contributed by atoms with Crippen molar-refractivity contribution in [3.8, 4) is 5.75 Å². The van der Waals surface area contributed by atoms with Gasteiger partial charge >= 0.3 is 5.97 Å². The van der Waals surface area contributed by atoms with Crippen molar-refractivity contribution in [1.82, 2.24) is 0 Å². The Labute approximate surface area is 253 Å². The number of anilines is 1. The summed E-state index contributed by atoms with van der Waals surface area (Å²) < 4.78 is 38.8. The molecule has 1 aliphatic rings. The number of aliphatic carboxylic acids is 1. The van der Waals surface area contributed by atoms with E-state index in [9.17, 15) is 33.7 Å². The van der Waals surface area contributed by atoms with Gasteiger partial charge in [0.15, 0.2) is 12.4 Å². The van der Waals surface area contributed by atoms with Crippen LogP contribution in [0, 0.1) is 17.6 Å². The number of nitrogens with one attached hydrogen (secondary N) is 1. The molecule has 10 nitrogen and oxygen atoms in total. The van der Waals surface area contributed by atoms with Crippen LogP contribution in [0.15, 0.2) is 72.8 Å². The molecule has 4 rings (SSSR count). The highest BCUT2D eigenvalue weighted by molar-refractivity contribution is 5.72. The number of rotatable bonds is 12. The third kappa shape index (κ3) is 10.8. The van der Waals surface area contributed by atoms with Crippen molar-refractivity contribution in [2.45, 2.75) is 56.3 Å². The fraction of sp³-hybridized carbons (Fsp3) is 0.344. The summed E-state index contributed by atoms with van der Waals surface area (Å²) in [6, 6.07) is 17.2. The Morgan fingerprint density at radius 3 is 2.05 bits per heavy atom. The van der Waals surface area contributed by atoms with Gasteiger partial charge in [-0.2, -0.15) is 0 Å². The summed E-state index contributed by atoms with van der Waals surface area (Å²) in [6.45, 7) is 2.00. The number of hydrogen-bond acceptors (Lipinski definition) is 9. The summed E-state index contributed by atoms with van der Waals surface area (Å²) in [7, 11) is 1.00. The minimum atomic E-state index is -1.23. The van der Waals surface area contributed by atoms with Crippen molar-refractivity contribution in [2.24, 2.45) is 5.92 Å². The van der Waals surface area contributed by atoms with E-state index in [1.54, 1.807) is 24.3 Å². The molecular formula is C32H37F2NO9. The van der Waals surface area contributed by atoms with Crippen LogP contribution < -0.4 is 5.32 Å². The molecule has 1 heterocycles. The molecule has 5 N–H and O–H groups in total. The molecule has 44 heavy (non-hydrogen) atoms. The molecule has 0 spiro atoms. The van der Waals surface area contributed by atoms with Gasteiger partial charge in [-0.05, 0) is 72.5 Å². The van der Waals surface area contributed by atoms with E-state index in [4.69, 9.17) is 19.4 Å². The van der Waals surface area contributed by atoms with Crippen molar-refractivity contribution in [3.05, 3.63) is 95.6 Å². The maximum atomic E-state index is 13.7. The number of hydrogen-bond donors (Lipinski definition) is 5. The van der Waals surface area contributed by atoms with E-state index in [1.807, 2.05) is 6.79 Å². The van der Waals surface area contributed by atoms with Gasteiger partial charge in [-0.1, -0.05) is 24.3 Å². The third-order valence-corrected chi connectivity index (χ3v) is 6.88. The van der Waals surface area contributed by atoms with Crippen LogP contribution >= 0.6 is 0 Å². The normalized spacial score (nSPS) is 19.5. The largest absolute Gasteiger partial charge is 0.508 e. The van der Waals surface area contributed by atoms with Crippen LogP contribution in [-0.4, -0.2) is 65.1 Å². The fourth-order valence-electron chi connectivity index (χ4n) is 4.78. The highest BCUT2D eigenvalue weighted by Crippen LogP contribution is 2.35. The molecule has 0 saturated carbocycles. The predicted octanol–water partition coefficient (Wildman–Crippen LogP) is 4.55. The molecule has 5 unspecified atom stereocenters. The zero-order valence-electron chi connectivity index (χ0n) is 24.1. The standard InChI is InChI=1S/C30H31F2NO7.CH4O.CH2O/c31-21-6-1-18(2-7-21)26(39-28-16-25(36)15-27(40-28)30(37)38)14-5-20(17-34)29(19-3-12-24(35)13-4-19)33-23-10-8-22(32)9-11-23;2*1-2/h1-4,6-13,17,20,25-29,33,35-36H,5,14-16H2,(H,37,38);2H,1H3;1H2/t20?,25?,26?,27-,28?,29?;;/m0../s1. The summed E-state index contributed by atoms with van der Waals surface area (Å²) in [4.78, 5) is 31.9. The summed E-state index contributed by atoms with van der Waals surface area (Å²) in [5.41, 5.74) is 1.89. The van der Waals surface area contributed by atoms with E-state index >= 15 is 0 Å². The minimum absolute atomic E-state index is 0.0564. The molecule has 0 amide bonds. The Kier molecular flexibility index (Phi) is 15.1. The van der Waals surface area contributed by atoms with E-state index in [0.717, 1.165) is 13.4 Å². The maximum absolute atomic E-state index is 13.7. The summed E-state index contributed by atoms with van der Waals surface area (Å²) in [6.07, 6.45) is -2.56. The first-order valence-corrected chi connectivity index (χ1v) is 13.7. The Morgan fingerprint density at radius 1 is 0.955 bits per heavy atom. The van der Waals surface area contributed by atoms with Gasteiger partial charge in [0, 0.05) is 31.6 Å². The Morgan fingerprint density at radius 2 is 1.50 bits per heavy atom. The molecule has 0 aliphatic carbocycles. The van der Waals surface area contributed by atoms with Crippen molar-refractivity contribution in [2.75, 3.05) is 12.4 Å². The van der Waals surface area contributed by atoms with Crippen LogP contribution in [0.2, 0.25) is 0 Å². The van der Waals surface area contributed by atoms with E-state index in [0.29, 0.717) is 16.8 Å². The molecule has 6 atom stereocenters. The Hall–Kier alpha value is -4.23. The second kappa shape index (κ2) is 18.4. The van der Waals surface area contributed by atoms with Gasteiger partial charge in [0.2, 0.25) is 0 Å². The van der Waals surface area contributed by atoms with Crippen molar-refractivity contribution in [1.29, 1.82) is 0 Å². The lowest BCUT2D eigenvalue weighted by Crippen LogP contribution is -2.41. The summed E-state index contributed by atoms with van der Waals surface area (Å²) in [5, 5.41) is 39.6. The number of carbonyl (C=O) groups is 3. The monoisotopic (exact) mass is 617 g/mol. The highest BCUT2D eigenvalue weighted by Gasteiger charge is 2.35. The van der Waals surface area contributed by atoms with Crippen LogP contribution in [0.1, 0.15) is 49.0 Å². The molecule has 0 bridgehead atoms. The molecule has 12 heteroatoms. The van der Waals surface area contributed by atoms with Gasteiger partial charge in [-0.25, -0.2) is 13.6 Å². The van der Waals surface area contributed by atoms with Gasteiger partial charge in [-0.3, -0.25) is 0 Å². The van der Waals surface area contributed by atoms with E-state index in [2.05, 4.69) is 5.32 Å². The highest BCUT2D eigenvalue weighted by atomic mass is 19.1. The predicted molar refractivity (Wildman–Crippen MR) is 157 cm³/mol. The first kappa shape index (κ1) is 36.0. The van der Waals surface area contributed by atoms with Crippen LogP contribution in [0.4, 0.5) is 14.5 Å². The topological polar surface area (TPSA) is 163 Å². The van der Waals surface area contributed by atoms with Gasteiger partial charge in [0.05, 0.1) is 18.2 Å². The zero-order valence-corrected chi connectivity index (χ0v) is 24.1. The lowest BCUT2D eigenvalue weighted by Gasteiger charge is -2.34. The van der Waals surface area contributed by atoms with Gasteiger partial charge in [-0.15, -0.1) is 0 Å².